The number of carbonyl (C=O) groups is 2. The summed E-state index contributed by atoms with van der Waals surface area (Å²) < 4.78 is 38.2. The van der Waals surface area contributed by atoms with Gasteiger partial charge in [-0.3, -0.25) is 14.7 Å². The second-order valence-electron chi connectivity index (χ2n) is 8.96. The number of carbonyl (C=O) groups excluding carboxylic acids is 2. The highest BCUT2D eigenvalue weighted by Crippen LogP contribution is 2.69. The predicted molar refractivity (Wildman–Crippen MR) is 115 cm³/mol. The maximum Gasteiger partial charge on any atom is 0.258 e. The monoisotopic (exact) mass is 475 g/mol. The highest BCUT2D eigenvalue weighted by Gasteiger charge is 2.68. The number of halogens is 3. The van der Waals surface area contributed by atoms with Crippen LogP contribution >= 0.6 is 11.6 Å². The molecule has 0 spiro atoms. The first-order chi connectivity index (χ1) is 15.7. The zero-order valence-electron chi connectivity index (χ0n) is 17.4. The molecular formula is C23H20ClF2N3O4. The van der Waals surface area contributed by atoms with Gasteiger partial charge in [0.2, 0.25) is 0 Å². The Bertz CT molecular complexity index is 1240. The molecule has 3 aromatic rings. The van der Waals surface area contributed by atoms with E-state index in [2.05, 4.69) is 15.5 Å². The lowest BCUT2D eigenvalue weighted by Crippen LogP contribution is -2.75. The summed E-state index contributed by atoms with van der Waals surface area (Å²) in [5, 5.41) is 9.76. The molecule has 0 radical (unpaired) electrons. The van der Waals surface area contributed by atoms with Crippen LogP contribution < -0.4 is 14.8 Å². The molecule has 2 bridgehead atoms. The molecule has 2 aromatic carbocycles. The Morgan fingerprint density at radius 2 is 1.79 bits per heavy atom. The fraction of sp³-hybridized carbons (Fsp3) is 0.348. The Morgan fingerprint density at radius 1 is 1.06 bits per heavy atom. The number of amides is 1. The minimum Gasteiger partial charge on any atom is -0.486 e. The number of rotatable bonds is 9. The predicted octanol–water partition coefficient (Wildman–Crippen LogP) is 3.95. The number of aromatic nitrogens is 2. The maximum atomic E-state index is 14.0. The molecule has 172 valence electrons. The van der Waals surface area contributed by atoms with Crippen LogP contribution in [0, 0.1) is 17.0 Å². The fourth-order valence-corrected chi connectivity index (χ4v) is 5.18. The van der Waals surface area contributed by atoms with Gasteiger partial charge in [0, 0.05) is 30.2 Å². The molecule has 0 unspecified atom stereocenters. The number of nitrogens with one attached hydrogen (secondary N) is 2. The fourth-order valence-electron chi connectivity index (χ4n) is 5.07. The number of ketones is 1. The standard InChI is InChI=1S/C23H20ClF2N3O4/c24-17-2-1-14(3-19(17)26)33-9-21(31)28-23-10-22(11-23,12-23)6-13(30)8-32-15-4-18(25)16-7-27-29-20(16)5-15/h1-5,7H,6,8-12H2,(H,27,29)(H,28,31). The minimum atomic E-state index is -0.614. The van der Waals surface area contributed by atoms with Crippen molar-refractivity contribution in [2.24, 2.45) is 5.41 Å². The second kappa shape index (κ2) is 7.98. The molecule has 3 aliphatic carbocycles. The van der Waals surface area contributed by atoms with Gasteiger partial charge in [-0.1, -0.05) is 11.6 Å². The highest BCUT2D eigenvalue weighted by atomic mass is 35.5. The molecule has 3 saturated carbocycles. The number of H-pyrrole nitrogens is 1. The van der Waals surface area contributed by atoms with Gasteiger partial charge in [0.05, 0.1) is 22.1 Å². The summed E-state index contributed by atoms with van der Waals surface area (Å²) in [4.78, 5) is 24.6. The summed E-state index contributed by atoms with van der Waals surface area (Å²) in [7, 11) is 0. The molecule has 7 nitrogen and oxygen atoms in total. The van der Waals surface area contributed by atoms with E-state index in [0.29, 0.717) is 36.6 Å². The Balaban J connectivity index is 1.05. The van der Waals surface area contributed by atoms with Crippen molar-refractivity contribution in [2.45, 2.75) is 31.2 Å². The van der Waals surface area contributed by atoms with Crippen molar-refractivity contribution in [3.8, 4) is 11.5 Å². The van der Waals surface area contributed by atoms with Crippen LogP contribution in [0.2, 0.25) is 5.02 Å². The van der Waals surface area contributed by atoms with Gasteiger partial charge in [-0.2, -0.15) is 5.10 Å². The topological polar surface area (TPSA) is 93.3 Å². The van der Waals surface area contributed by atoms with Crippen molar-refractivity contribution >= 4 is 34.2 Å². The van der Waals surface area contributed by atoms with Gasteiger partial charge in [-0.05, 0) is 36.8 Å². The summed E-state index contributed by atoms with van der Waals surface area (Å²) in [6.45, 7) is -0.383. The summed E-state index contributed by atoms with van der Waals surface area (Å²) in [6, 6.07) is 6.81. The molecule has 0 saturated heterocycles. The molecule has 1 amide bonds. The lowest BCUT2D eigenvalue weighted by atomic mass is 9.38. The van der Waals surface area contributed by atoms with Gasteiger partial charge in [0.1, 0.15) is 29.7 Å². The molecule has 1 aromatic heterocycles. The summed E-state index contributed by atoms with van der Waals surface area (Å²) >= 11 is 5.62. The first-order valence-corrected chi connectivity index (χ1v) is 10.8. The van der Waals surface area contributed by atoms with Crippen LogP contribution in [0.25, 0.3) is 10.9 Å². The first-order valence-electron chi connectivity index (χ1n) is 10.4. The third kappa shape index (κ3) is 4.25. The van der Waals surface area contributed by atoms with E-state index in [0.717, 1.165) is 6.07 Å². The SMILES string of the molecule is O=C(COc1cc(F)c2cn[nH]c2c1)CC12CC(NC(=O)COc3ccc(Cl)c(F)c3)(C1)C2. The zero-order chi connectivity index (χ0) is 23.2. The smallest absolute Gasteiger partial charge is 0.258 e. The molecule has 2 N–H and O–H groups in total. The quantitative estimate of drug-likeness (QED) is 0.489. The Kier molecular flexibility index (Phi) is 5.23. The van der Waals surface area contributed by atoms with E-state index in [-0.39, 0.29) is 52.4 Å². The number of hydrogen-bond acceptors (Lipinski definition) is 5. The van der Waals surface area contributed by atoms with Crippen LogP contribution in [-0.2, 0) is 9.59 Å². The third-order valence-corrected chi connectivity index (χ3v) is 6.57. The van der Waals surface area contributed by atoms with Crippen LogP contribution in [0.1, 0.15) is 25.7 Å². The Labute approximate surface area is 192 Å². The second-order valence-corrected chi connectivity index (χ2v) is 9.37. The van der Waals surface area contributed by atoms with Crippen molar-refractivity contribution in [3.05, 3.63) is 53.2 Å². The normalized spacial score (nSPS) is 22.9. The molecule has 0 aliphatic heterocycles. The number of aromatic amines is 1. The summed E-state index contributed by atoms with van der Waals surface area (Å²) in [6.07, 6.45) is 3.87. The lowest BCUT2D eigenvalue weighted by molar-refractivity contribution is -0.173. The van der Waals surface area contributed by atoms with Crippen LogP contribution in [0.4, 0.5) is 8.78 Å². The average Bonchev–Trinajstić information content (AvgIpc) is 3.20. The van der Waals surface area contributed by atoms with Crippen molar-refractivity contribution in [3.63, 3.8) is 0 Å². The van der Waals surface area contributed by atoms with E-state index < -0.39 is 11.6 Å². The first kappa shape index (κ1) is 21.6. The molecule has 3 fully saturated rings. The highest BCUT2D eigenvalue weighted by molar-refractivity contribution is 6.30. The number of hydrogen-bond donors (Lipinski definition) is 2. The lowest BCUT2D eigenvalue weighted by Gasteiger charge is -2.70. The van der Waals surface area contributed by atoms with E-state index in [1.165, 1.54) is 24.4 Å². The van der Waals surface area contributed by atoms with E-state index in [4.69, 9.17) is 21.1 Å². The molecule has 1 heterocycles. The van der Waals surface area contributed by atoms with Crippen LogP contribution in [0.5, 0.6) is 11.5 Å². The average molecular weight is 476 g/mol. The van der Waals surface area contributed by atoms with Gasteiger partial charge in [-0.15, -0.1) is 0 Å². The summed E-state index contributed by atoms with van der Waals surface area (Å²) in [5.74, 6) is -0.974. The van der Waals surface area contributed by atoms with Crippen molar-refractivity contribution in [1.29, 1.82) is 0 Å². The van der Waals surface area contributed by atoms with Crippen LogP contribution in [-0.4, -0.2) is 40.6 Å². The molecule has 3 aliphatic rings. The van der Waals surface area contributed by atoms with Gasteiger partial charge in [0.15, 0.2) is 12.4 Å². The van der Waals surface area contributed by atoms with E-state index in [9.17, 15) is 18.4 Å². The Morgan fingerprint density at radius 3 is 2.55 bits per heavy atom. The molecular weight excluding hydrogens is 456 g/mol. The van der Waals surface area contributed by atoms with Crippen LogP contribution in [0.3, 0.4) is 0 Å². The third-order valence-electron chi connectivity index (χ3n) is 6.26. The van der Waals surface area contributed by atoms with Gasteiger partial charge >= 0.3 is 0 Å². The molecule has 6 rings (SSSR count). The van der Waals surface area contributed by atoms with E-state index in [1.807, 2.05) is 0 Å². The number of fused-ring (bicyclic) bond motifs is 1. The van der Waals surface area contributed by atoms with Gasteiger partial charge in [-0.25, -0.2) is 8.78 Å². The van der Waals surface area contributed by atoms with E-state index in [1.54, 1.807) is 6.07 Å². The molecule has 33 heavy (non-hydrogen) atoms. The number of nitrogens with zero attached hydrogens (tertiary/aromatic N) is 1. The molecule has 10 heteroatoms. The van der Waals surface area contributed by atoms with Gasteiger partial charge < -0.3 is 14.8 Å². The maximum absolute atomic E-state index is 14.0. The molecule has 0 atom stereocenters. The van der Waals surface area contributed by atoms with Crippen molar-refractivity contribution in [1.82, 2.24) is 15.5 Å². The Hall–Kier alpha value is -3.20. The summed E-state index contributed by atoms with van der Waals surface area (Å²) in [5.41, 5.74) is 0.0772. The zero-order valence-corrected chi connectivity index (χ0v) is 18.2. The van der Waals surface area contributed by atoms with Crippen molar-refractivity contribution < 1.29 is 27.8 Å². The van der Waals surface area contributed by atoms with E-state index >= 15 is 0 Å². The minimum absolute atomic E-state index is 0.0167. The largest absolute Gasteiger partial charge is 0.486 e. The number of Topliss-reactive ketones (excluding diaryl/α,β-unsaturated/α-hetero) is 1. The van der Waals surface area contributed by atoms with Crippen LogP contribution in [0.15, 0.2) is 36.5 Å². The van der Waals surface area contributed by atoms with Gasteiger partial charge in [0.25, 0.3) is 5.91 Å². The van der Waals surface area contributed by atoms with Crippen molar-refractivity contribution in [2.75, 3.05) is 13.2 Å². The number of benzene rings is 2. The number of ether oxygens (including phenoxy) is 2.